The molecule has 0 bridgehead atoms. The third-order valence-electron chi connectivity index (χ3n) is 2.50. The summed E-state index contributed by atoms with van der Waals surface area (Å²) in [5.74, 6) is 0. The van der Waals surface area contributed by atoms with Crippen molar-refractivity contribution >= 4 is 17.3 Å². The summed E-state index contributed by atoms with van der Waals surface area (Å²) < 4.78 is 0. The lowest BCUT2D eigenvalue weighted by molar-refractivity contribution is 0.825. The van der Waals surface area contributed by atoms with E-state index in [-0.39, 0.29) is 6.04 Å². The number of nitrogens with one attached hydrogen (secondary N) is 1. The number of pyridine rings is 1. The molecule has 0 saturated heterocycles. The first-order valence-electron chi connectivity index (χ1n) is 5.32. The Labute approximate surface area is 105 Å². The number of anilines is 1. The monoisotopic (exact) mass is 248 g/mol. The van der Waals surface area contributed by atoms with Gasteiger partial charge in [-0.15, -0.1) is 0 Å². The van der Waals surface area contributed by atoms with Gasteiger partial charge < -0.3 is 5.32 Å². The highest BCUT2D eigenvalue weighted by Crippen LogP contribution is 2.26. The van der Waals surface area contributed by atoms with Crippen molar-refractivity contribution in [3.8, 4) is 0 Å². The predicted octanol–water partition coefficient (Wildman–Crippen LogP) is 3.01. The lowest BCUT2D eigenvalue weighted by atomic mass is 10.2. The third-order valence-corrected chi connectivity index (χ3v) is 2.79. The maximum absolute atomic E-state index is 6.05. The molecule has 1 unspecified atom stereocenters. The van der Waals surface area contributed by atoms with E-state index in [0.29, 0.717) is 5.15 Å². The van der Waals surface area contributed by atoms with Crippen LogP contribution in [0.25, 0.3) is 0 Å². The Hall–Kier alpha value is -1.68. The van der Waals surface area contributed by atoms with Crippen LogP contribution in [0, 0.1) is 6.92 Å². The van der Waals surface area contributed by atoms with Gasteiger partial charge in [0, 0.05) is 18.6 Å². The van der Waals surface area contributed by atoms with Gasteiger partial charge in [0.05, 0.1) is 23.6 Å². The van der Waals surface area contributed by atoms with Crippen LogP contribution in [0.3, 0.4) is 0 Å². The highest BCUT2D eigenvalue weighted by Gasteiger charge is 2.11. The van der Waals surface area contributed by atoms with Crippen LogP contribution in [-0.4, -0.2) is 15.0 Å². The molecule has 0 aliphatic heterocycles. The van der Waals surface area contributed by atoms with Gasteiger partial charge in [-0.2, -0.15) is 0 Å². The SMILES string of the molecule is Cc1ccnc(Cl)c1NC(C)c1cnccn1. The van der Waals surface area contributed by atoms with Crippen molar-refractivity contribution < 1.29 is 0 Å². The number of aryl methyl sites for hydroxylation is 1. The minimum Gasteiger partial charge on any atom is -0.374 e. The summed E-state index contributed by atoms with van der Waals surface area (Å²) in [6.07, 6.45) is 6.75. The van der Waals surface area contributed by atoms with Crippen molar-refractivity contribution in [3.63, 3.8) is 0 Å². The average molecular weight is 249 g/mol. The fourth-order valence-electron chi connectivity index (χ4n) is 1.52. The Bertz CT molecular complexity index is 481. The molecule has 0 aromatic carbocycles. The summed E-state index contributed by atoms with van der Waals surface area (Å²) in [7, 11) is 0. The number of hydrogen-bond acceptors (Lipinski definition) is 4. The highest BCUT2D eigenvalue weighted by atomic mass is 35.5. The zero-order chi connectivity index (χ0) is 12.3. The molecule has 1 N–H and O–H groups in total. The van der Waals surface area contributed by atoms with E-state index in [1.54, 1.807) is 24.8 Å². The summed E-state index contributed by atoms with van der Waals surface area (Å²) in [6.45, 7) is 3.99. The van der Waals surface area contributed by atoms with Gasteiger partial charge in [-0.05, 0) is 25.5 Å². The summed E-state index contributed by atoms with van der Waals surface area (Å²) in [4.78, 5) is 12.3. The molecule has 0 fully saturated rings. The molecule has 0 spiro atoms. The Morgan fingerprint density at radius 2 is 2.06 bits per heavy atom. The minimum absolute atomic E-state index is 0.0316. The largest absolute Gasteiger partial charge is 0.374 e. The highest BCUT2D eigenvalue weighted by molar-refractivity contribution is 6.32. The van der Waals surface area contributed by atoms with Gasteiger partial charge in [0.2, 0.25) is 0 Å². The Morgan fingerprint density at radius 1 is 1.24 bits per heavy atom. The summed E-state index contributed by atoms with van der Waals surface area (Å²) in [5.41, 5.74) is 2.76. The fraction of sp³-hybridized carbons (Fsp3) is 0.250. The van der Waals surface area contributed by atoms with Crippen molar-refractivity contribution in [2.45, 2.75) is 19.9 Å². The maximum Gasteiger partial charge on any atom is 0.152 e. The van der Waals surface area contributed by atoms with Gasteiger partial charge in [-0.1, -0.05) is 11.6 Å². The molecule has 2 rings (SSSR count). The van der Waals surface area contributed by atoms with Crippen molar-refractivity contribution in [1.29, 1.82) is 0 Å². The average Bonchev–Trinajstić information content (AvgIpc) is 2.35. The molecule has 0 aliphatic carbocycles. The third kappa shape index (κ3) is 2.71. The van der Waals surface area contributed by atoms with Crippen LogP contribution in [0.1, 0.15) is 24.2 Å². The maximum atomic E-state index is 6.05. The van der Waals surface area contributed by atoms with Gasteiger partial charge in [0.15, 0.2) is 5.15 Å². The predicted molar refractivity (Wildman–Crippen MR) is 68.1 cm³/mol. The van der Waals surface area contributed by atoms with E-state index in [1.807, 2.05) is 19.9 Å². The Balaban J connectivity index is 2.22. The second-order valence-corrected chi connectivity index (χ2v) is 4.15. The molecule has 4 nitrogen and oxygen atoms in total. The first kappa shape index (κ1) is 11.8. The number of rotatable bonds is 3. The summed E-state index contributed by atoms with van der Waals surface area (Å²) in [5, 5.41) is 3.77. The molecule has 0 aliphatic rings. The van der Waals surface area contributed by atoms with Gasteiger partial charge >= 0.3 is 0 Å². The Kier molecular flexibility index (Phi) is 3.54. The van der Waals surface area contributed by atoms with Crippen LogP contribution < -0.4 is 5.32 Å². The van der Waals surface area contributed by atoms with E-state index in [4.69, 9.17) is 11.6 Å². The lowest BCUT2D eigenvalue weighted by Crippen LogP contribution is -2.10. The van der Waals surface area contributed by atoms with E-state index < -0.39 is 0 Å². The van der Waals surface area contributed by atoms with E-state index in [9.17, 15) is 0 Å². The molecule has 5 heteroatoms. The smallest absolute Gasteiger partial charge is 0.152 e. The number of hydrogen-bond donors (Lipinski definition) is 1. The zero-order valence-electron chi connectivity index (χ0n) is 9.68. The quantitative estimate of drug-likeness (QED) is 0.849. The topological polar surface area (TPSA) is 50.7 Å². The molecular weight excluding hydrogens is 236 g/mol. The summed E-state index contributed by atoms with van der Waals surface area (Å²) in [6, 6.07) is 1.95. The van der Waals surface area contributed by atoms with Crippen LogP contribution in [0.5, 0.6) is 0 Å². The van der Waals surface area contributed by atoms with Crippen LogP contribution >= 0.6 is 11.6 Å². The Morgan fingerprint density at radius 3 is 2.71 bits per heavy atom. The second-order valence-electron chi connectivity index (χ2n) is 3.79. The number of halogens is 1. The van der Waals surface area contributed by atoms with Gasteiger partial charge in [0.25, 0.3) is 0 Å². The van der Waals surface area contributed by atoms with Crippen LogP contribution in [0.4, 0.5) is 5.69 Å². The van der Waals surface area contributed by atoms with E-state index >= 15 is 0 Å². The molecule has 2 heterocycles. The van der Waals surface area contributed by atoms with Gasteiger partial charge in [-0.25, -0.2) is 4.98 Å². The standard InChI is InChI=1S/C12H13ClN4/c1-8-3-4-16-12(13)11(8)17-9(2)10-7-14-5-6-15-10/h3-7,9,17H,1-2H3. The molecule has 2 aromatic rings. The molecule has 88 valence electrons. The normalized spacial score (nSPS) is 12.2. The molecular formula is C12H13ClN4. The van der Waals surface area contributed by atoms with Gasteiger partial charge in [-0.3, -0.25) is 9.97 Å². The molecule has 2 aromatic heterocycles. The number of aromatic nitrogens is 3. The van der Waals surface area contributed by atoms with Crippen molar-refractivity contribution in [2.75, 3.05) is 5.32 Å². The molecule has 1 atom stereocenters. The minimum atomic E-state index is 0.0316. The zero-order valence-corrected chi connectivity index (χ0v) is 10.4. The van der Waals surface area contributed by atoms with Crippen molar-refractivity contribution in [2.24, 2.45) is 0 Å². The van der Waals surface area contributed by atoms with Crippen molar-refractivity contribution in [1.82, 2.24) is 15.0 Å². The van der Waals surface area contributed by atoms with Gasteiger partial charge in [0.1, 0.15) is 0 Å². The molecule has 0 saturated carbocycles. The fourth-order valence-corrected chi connectivity index (χ4v) is 1.78. The molecule has 17 heavy (non-hydrogen) atoms. The second kappa shape index (κ2) is 5.10. The lowest BCUT2D eigenvalue weighted by Gasteiger charge is -2.16. The molecule has 0 amide bonds. The first-order valence-corrected chi connectivity index (χ1v) is 5.70. The first-order chi connectivity index (χ1) is 8.18. The molecule has 0 radical (unpaired) electrons. The summed E-state index contributed by atoms with van der Waals surface area (Å²) >= 11 is 6.05. The van der Waals surface area contributed by atoms with E-state index in [2.05, 4.69) is 20.3 Å². The van der Waals surface area contributed by atoms with E-state index in [1.165, 1.54) is 0 Å². The van der Waals surface area contributed by atoms with E-state index in [0.717, 1.165) is 16.9 Å². The van der Waals surface area contributed by atoms with Crippen molar-refractivity contribution in [3.05, 3.63) is 47.3 Å². The number of nitrogens with zero attached hydrogens (tertiary/aromatic N) is 3. The van der Waals surface area contributed by atoms with Crippen LogP contribution in [0.2, 0.25) is 5.15 Å². The van der Waals surface area contributed by atoms with Crippen LogP contribution in [-0.2, 0) is 0 Å². The van der Waals surface area contributed by atoms with Crippen LogP contribution in [0.15, 0.2) is 30.9 Å².